The van der Waals surface area contributed by atoms with Gasteiger partial charge < -0.3 is 4.90 Å². The molecule has 3 aromatic carbocycles. The van der Waals surface area contributed by atoms with Crippen LogP contribution >= 0.6 is 0 Å². The first-order valence-corrected chi connectivity index (χ1v) is 8.35. The second-order valence-electron chi connectivity index (χ2n) is 6.11. The SMILES string of the molecule is Cc1ccccc1C#Cc1ccccc1N1CCc2ccccc21. The Hall–Kier alpha value is -2.98. The molecule has 4 rings (SSSR count). The first-order chi connectivity index (χ1) is 11.8. The summed E-state index contributed by atoms with van der Waals surface area (Å²) in [4.78, 5) is 2.39. The molecule has 1 nitrogen and oxygen atoms in total. The zero-order chi connectivity index (χ0) is 16.4. The standard InChI is InChI=1S/C23H19N/c1-18-8-2-3-9-19(18)14-15-20-10-4-6-12-22(20)24-17-16-21-11-5-7-13-23(21)24/h2-13H,16-17H2,1H3. The van der Waals surface area contributed by atoms with Crippen molar-refractivity contribution in [3.63, 3.8) is 0 Å². The minimum Gasteiger partial charge on any atom is -0.340 e. The second-order valence-corrected chi connectivity index (χ2v) is 6.11. The fraction of sp³-hybridized carbons (Fsp3) is 0.130. The summed E-state index contributed by atoms with van der Waals surface area (Å²) >= 11 is 0. The maximum absolute atomic E-state index is 3.39. The summed E-state index contributed by atoms with van der Waals surface area (Å²) in [6.45, 7) is 3.12. The molecule has 0 spiro atoms. The predicted octanol–water partition coefficient (Wildman–Crippen LogP) is 5.09. The van der Waals surface area contributed by atoms with Crippen LogP contribution in [0.1, 0.15) is 22.3 Å². The van der Waals surface area contributed by atoms with Gasteiger partial charge in [-0.1, -0.05) is 60.4 Å². The molecule has 1 heterocycles. The van der Waals surface area contributed by atoms with E-state index in [1.54, 1.807) is 0 Å². The summed E-state index contributed by atoms with van der Waals surface area (Å²) in [7, 11) is 0. The Labute approximate surface area is 143 Å². The molecule has 0 unspecified atom stereocenters. The molecule has 0 saturated heterocycles. The van der Waals surface area contributed by atoms with Crippen molar-refractivity contribution in [1.29, 1.82) is 0 Å². The van der Waals surface area contributed by atoms with Crippen molar-refractivity contribution in [2.45, 2.75) is 13.3 Å². The molecule has 1 aliphatic rings. The van der Waals surface area contributed by atoms with E-state index in [4.69, 9.17) is 0 Å². The van der Waals surface area contributed by atoms with Gasteiger partial charge in [-0.05, 0) is 48.7 Å². The first kappa shape index (κ1) is 14.6. The van der Waals surface area contributed by atoms with Crippen LogP contribution < -0.4 is 4.90 Å². The van der Waals surface area contributed by atoms with E-state index in [1.165, 1.54) is 22.5 Å². The Morgan fingerprint density at radius 2 is 1.33 bits per heavy atom. The smallest absolute Gasteiger partial charge is 0.0570 e. The summed E-state index contributed by atoms with van der Waals surface area (Å²) in [5.74, 6) is 6.73. The van der Waals surface area contributed by atoms with Crippen LogP contribution in [0.3, 0.4) is 0 Å². The fourth-order valence-corrected chi connectivity index (χ4v) is 3.25. The fourth-order valence-electron chi connectivity index (χ4n) is 3.25. The van der Waals surface area contributed by atoms with Gasteiger partial charge in [-0.2, -0.15) is 0 Å². The highest BCUT2D eigenvalue weighted by atomic mass is 15.2. The lowest BCUT2D eigenvalue weighted by Crippen LogP contribution is -2.14. The predicted molar refractivity (Wildman–Crippen MR) is 101 cm³/mol. The van der Waals surface area contributed by atoms with Crippen LogP contribution in [0.2, 0.25) is 0 Å². The third-order valence-electron chi connectivity index (χ3n) is 4.56. The molecular formula is C23H19N. The number of rotatable bonds is 1. The Bertz CT molecular complexity index is 943. The lowest BCUT2D eigenvalue weighted by Gasteiger charge is -2.21. The minimum absolute atomic E-state index is 1.02. The lowest BCUT2D eigenvalue weighted by atomic mass is 10.1. The average molecular weight is 309 g/mol. The Morgan fingerprint density at radius 3 is 2.17 bits per heavy atom. The van der Waals surface area contributed by atoms with Crippen molar-refractivity contribution in [3.8, 4) is 11.8 Å². The summed E-state index contributed by atoms with van der Waals surface area (Å²) in [5.41, 5.74) is 7.31. The summed E-state index contributed by atoms with van der Waals surface area (Å²) in [6.07, 6.45) is 1.09. The zero-order valence-corrected chi connectivity index (χ0v) is 13.8. The normalized spacial score (nSPS) is 12.5. The van der Waals surface area contributed by atoms with Crippen molar-refractivity contribution < 1.29 is 0 Å². The summed E-state index contributed by atoms with van der Waals surface area (Å²) in [5, 5.41) is 0. The van der Waals surface area contributed by atoms with E-state index < -0.39 is 0 Å². The van der Waals surface area contributed by atoms with Gasteiger partial charge in [0.05, 0.1) is 5.69 Å². The third kappa shape index (κ3) is 2.68. The number of anilines is 2. The lowest BCUT2D eigenvalue weighted by molar-refractivity contribution is 0.997. The number of nitrogens with zero attached hydrogens (tertiary/aromatic N) is 1. The molecule has 0 fully saturated rings. The number of hydrogen-bond donors (Lipinski definition) is 0. The summed E-state index contributed by atoms with van der Waals surface area (Å²) < 4.78 is 0. The Morgan fingerprint density at radius 1 is 0.708 bits per heavy atom. The largest absolute Gasteiger partial charge is 0.340 e. The molecule has 24 heavy (non-hydrogen) atoms. The number of fused-ring (bicyclic) bond motifs is 1. The van der Waals surface area contributed by atoms with Crippen molar-refractivity contribution in [2.24, 2.45) is 0 Å². The van der Waals surface area contributed by atoms with E-state index in [1.807, 2.05) is 6.07 Å². The molecule has 0 N–H and O–H groups in total. The molecule has 0 bridgehead atoms. The highest BCUT2D eigenvalue weighted by Crippen LogP contribution is 2.35. The molecule has 0 atom stereocenters. The van der Waals surface area contributed by atoms with Gasteiger partial charge in [0.25, 0.3) is 0 Å². The van der Waals surface area contributed by atoms with Crippen molar-refractivity contribution in [3.05, 3.63) is 95.1 Å². The van der Waals surface area contributed by atoms with Crippen LogP contribution in [0.4, 0.5) is 11.4 Å². The van der Waals surface area contributed by atoms with Crippen LogP contribution in [-0.2, 0) is 6.42 Å². The maximum Gasteiger partial charge on any atom is 0.0570 e. The average Bonchev–Trinajstić information content (AvgIpc) is 3.05. The highest BCUT2D eigenvalue weighted by Gasteiger charge is 2.21. The van der Waals surface area contributed by atoms with E-state index in [-0.39, 0.29) is 0 Å². The van der Waals surface area contributed by atoms with E-state index in [0.717, 1.165) is 24.1 Å². The minimum atomic E-state index is 1.02. The highest BCUT2D eigenvalue weighted by molar-refractivity contribution is 5.74. The second kappa shape index (κ2) is 6.26. The van der Waals surface area contributed by atoms with Crippen LogP contribution in [0, 0.1) is 18.8 Å². The summed E-state index contributed by atoms with van der Waals surface area (Å²) in [6, 6.07) is 25.4. The van der Waals surface area contributed by atoms with Gasteiger partial charge in [-0.25, -0.2) is 0 Å². The van der Waals surface area contributed by atoms with Crippen molar-refractivity contribution in [1.82, 2.24) is 0 Å². The van der Waals surface area contributed by atoms with Gasteiger partial charge in [0.15, 0.2) is 0 Å². The van der Waals surface area contributed by atoms with Gasteiger partial charge in [0.2, 0.25) is 0 Å². The number of aryl methyl sites for hydroxylation is 1. The Kier molecular flexibility index (Phi) is 3.81. The van der Waals surface area contributed by atoms with Crippen LogP contribution in [0.25, 0.3) is 0 Å². The van der Waals surface area contributed by atoms with Gasteiger partial charge in [0, 0.05) is 23.4 Å². The molecule has 3 aromatic rings. The Balaban J connectivity index is 1.74. The zero-order valence-electron chi connectivity index (χ0n) is 13.8. The number of para-hydroxylation sites is 2. The number of benzene rings is 3. The van der Waals surface area contributed by atoms with Crippen LogP contribution in [0.5, 0.6) is 0 Å². The molecule has 0 saturated carbocycles. The van der Waals surface area contributed by atoms with Gasteiger partial charge in [-0.15, -0.1) is 0 Å². The monoisotopic (exact) mass is 309 g/mol. The molecule has 1 aliphatic heterocycles. The molecule has 0 radical (unpaired) electrons. The number of hydrogen-bond acceptors (Lipinski definition) is 1. The van der Waals surface area contributed by atoms with E-state index in [2.05, 4.69) is 90.4 Å². The van der Waals surface area contributed by atoms with Crippen LogP contribution in [0.15, 0.2) is 72.8 Å². The molecule has 0 aliphatic carbocycles. The van der Waals surface area contributed by atoms with Gasteiger partial charge in [-0.3, -0.25) is 0 Å². The molecule has 0 aromatic heterocycles. The van der Waals surface area contributed by atoms with Crippen LogP contribution in [-0.4, -0.2) is 6.54 Å². The van der Waals surface area contributed by atoms with E-state index in [9.17, 15) is 0 Å². The van der Waals surface area contributed by atoms with Crippen molar-refractivity contribution in [2.75, 3.05) is 11.4 Å². The maximum atomic E-state index is 3.39. The first-order valence-electron chi connectivity index (χ1n) is 8.35. The molecular weight excluding hydrogens is 290 g/mol. The van der Waals surface area contributed by atoms with Crippen molar-refractivity contribution >= 4 is 11.4 Å². The van der Waals surface area contributed by atoms with E-state index in [0.29, 0.717) is 0 Å². The van der Waals surface area contributed by atoms with Gasteiger partial charge in [0.1, 0.15) is 0 Å². The third-order valence-corrected chi connectivity index (χ3v) is 4.56. The molecule has 0 amide bonds. The topological polar surface area (TPSA) is 3.24 Å². The molecule has 116 valence electrons. The molecule has 1 heteroatoms. The quantitative estimate of drug-likeness (QED) is 0.566. The van der Waals surface area contributed by atoms with E-state index >= 15 is 0 Å². The van der Waals surface area contributed by atoms with Gasteiger partial charge >= 0.3 is 0 Å².